The molecule has 2 saturated heterocycles. The van der Waals surface area contributed by atoms with Crippen LogP contribution in [0.15, 0.2) is 78.9 Å². The molecule has 2 aliphatic rings. The van der Waals surface area contributed by atoms with Gasteiger partial charge in [-0.2, -0.15) is 0 Å². The van der Waals surface area contributed by atoms with Crippen LogP contribution in [0.5, 0.6) is 0 Å². The van der Waals surface area contributed by atoms with Crippen molar-refractivity contribution in [1.29, 1.82) is 0 Å². The number of aliphatic hydroxyl groups excluding tert-OH is 1. The van der Waals surface area contributed by atoms with Crippen LogP contribution < -0.4 is 5.32 Å². The minimum absolute atomic E-state index is 0.0146. The molecule has 0 spiro atoms. The van der Waals surface area contributed by atoms with Crippen LogP contribution in [0.4, 0.5) is 0 Å². The maximum atomic E-state index is 13.0. The molecule has 0 aliphatic carbocycles. The van der Waals surface area contributed by atoms with E-state index in [1.807, 2.05) is 87.5 Å². The molecule has 0 radical (unpaired) electrons. The van der Waals surface area contributed by atoms with Gasteiger partial charge in [-0.3, -0.25) is 14.5 Å². The third-order valence-electron chi connectivity index (χ3n) is 7.84. The first-order chi connectivity index (χ1) is 20.7. The molecule has 43 heavy (non-hydrogen) atoms. The van der Waals surface area contributed by atoms with E-state index in [1.165, 1.54) is 0 Å². The SMILES string of the molecule is CC(C)(C)OC(=O)C1CCCN1CC1CC(c2ccc(CO)cc2)OC(c2ccc(CNC(=O)c3ccccc3)cc2)O1. The van der Waals surface area contributed by atoms with Crippen molar-refractivity contribution in [3.05, 3.63) is 107 Å². The predicted octanol–water partition coefficient (Wildman–Crippen LogP) is 5.46. The first kappa shape index (κ1) is 30.9. The Bertz CT molecular complexity index is 1350. The summed E-state index contributed by atoms with van der Waals surface area (Å²) in [4.78, 5) is 27.6. The molecular formula is C35H42N2O6. The van der Waals surface area contributed by atoms with Crippen molar-refractivity contribution in [2.75, 3.05) is 13.1 Å². The Kier molecular flexibility index (Phi) is 9.93. The van der Waals surface area contributed by atoms with Gasteiger partial charge in [0, 0.05) is 30.6 Å². The number of nitrogens with zero attached hydrogens (tertiary/aromatic N) is 1. The van der Waals surface area contributed by atoms with E-state index in [4.69, 9.17) is 14.2 Å². The van der Waals surface area contributed by atoms with Crippen molar-refractivity contribution >= 4 is 11.9 Å². The summed E-state index contributed by atoms with van der Waals surface area (Å²) >= 11 is 0. The molecule has 2 fully saturated rings. The average molecular weight is 587 g/mol. The van der Waals surface area contributed by atoms with Crippen LogP contribution in [0, 0.1) is 0 Å². The maximum absolute atomic E-state index is 13.0. The van der Waals surface area contributed by atoms with Gasteiger partial charge in [0.05, 0.1) is 18.8 Å². The molecule has 3 aromatic rings. The smallest absolute Gasteiger partial charge is 0.323 e. The number of benzene rings is 3. The number of hydrogen-bond donors (Lipinski definition) is 2. The van der Waals surface area contributed by atoms with Gasteiger partial charge in [-0.25, -0.2) is 0 Å². The number of aliphatic hydroxyl groups is 1. The molecule has 2 heterocycles. The molecule has 1 amide bonds. The third kappa shape index (κ3) is 8.30. The largest absolute Gasteiger partial charge is 0.459 e. The summed E-state index contributed by atoms with van der Waals surface area (Å²) in [6.07, 6.45) is 1.35. The van der Waals surface area contributed by atoms with Crippen LogP contribution in [0.2, 0.25) is 0 Å². The minimum Gasteiger partial charge on any atom is -0.459 e. The van der Waals surface area contributed by atoms with Crippen molar-refractivity contribution in [3.8, 4) is 0 Å². The van der Waals surface area contributed by atoms with Crippen molar-refractivity contribution in [1.82, 2.24) is 10.2 Å². The Hall–Kier alpha value is -3.56. The predicted molar refractivity (Wildman–Crippen MR) is 163 cm³/mol. The lowest BCUT2D eigenvalue weighted by molar-refractivity contribution is -0.253. The highest BCUT2D eigenvalue weighted by molar-refractivity contribution is 5.94. The number of likely N-dealkylation sites (tertiary alicyclic amines) is 1. The number of amides is 1. The highest BCUT2D eigenvalue weighted by Gasteiger charge is 2.38. The summed E-state index contributed by atoms with van der Waals surface area (Å²) in [5, 5.41) is 12.5. The number of esters is 1. The lowest BCUT2D eigenvalue weighted by Gasteiger charge is -2.38. The monoisotopic (exact) mass is 586 g/mol. The molecule has 8 nitrogen and oxygen atoms in total. The molecule has 4 atom stereocenters. The van der Waals surface area contributed by atoms with Crippen molar-refractivity contribution in [2.45, 2.75) is 83.3 Å². The maximum Gasteiger partial charge on any atom is 0.323 e. The van der Waals surface area contributed by atoms with E-state index >= 15 is 0 Å². The zero-order valence-corrected chi connectivity index (χ0v) is 25.2. The van der Waals surface area contributed by atoms with Crippen molar-refractivity contribution < 1.29 is 28.9 Å². The average Bonchev–Trinajstić information content (AvgIpc) is 3.48. The first-order valence-corrected chi connectivity index (χ1v) is 15.1. The van der Waals surface area contributed by atoms with Gasteiger partial charge in [0.1, 0.15) is 11.6 Å². The highest BCUT2D eigenvalue weighted by atomic mass is 16.7. The molecule has 0 saturated carbocycles. The Morgan fingerprint density at radius 3 is 2.28 bits per heavy atom. The van der Waals surface area contributed by atoms with Crippen molar-refractivity contribution in [3.63, 3.8) is 0 Å². The van der Waals surface area contributed by atoms with E-state index in [1.54, 1.807) is 12.1 Å². The molecule has 4 unspecified atom stereocenters. The Morgan fingerprint density at radius 2 is 1.60 bits per heavy atom. The van der Waals surface area contributed by atoms with E-state index in [-0.39, 0.29) is 36.7 Å². The van der Waals surface area contributed by atoms with E-state index in [0.717, 1.165) is 41.6 Å². The zero-order chi connectivity index (χ0) is 30.4. The van der Waals surface area contributed by atoms with Gasteiger partial charge in [0.2, 0.25) is 0 Å². The number of nitrogens with one attached hydrogen (secondary N) is 1. The van der Waals surface area contributed by atoms with Crippen molar-refractivity contribution in [2.24, 2.45) is 0 Å². The van der Waals surface area contributed by atoms with E-state index in [0.29, 0.717) is 25.1 Å². The highest BCUT2D eigenvalue weighted by Crippen LogP contribution is 2.39. The Balaban J connectivity index is 1.29. The van der Waals surface area contributed by atoms with Crippen LogP contribution in [-0.4, -0.2) is 52.7 Å². The molecule has 5 rings (SSSR count). The number of carbonyl (C=O) groups is 2. The summed E-state index contributed by atoms with van der Waals surface area (Å²) in [6, 6.07) is 24.6. The van der Waals surface area contributed by atoms with Gasteiger partial charge in [-0.1, -0.05) is 66.7 Å². The van der Waals surface area contributed by atoms with E-state index in [2.05, 4.69) is 10.2 Å². The quantitative estimate of drug-likeness (QED) is 0.322. The molecule has 228 valence electrons. The number of ether oxygens (including phenoxy) is 3. The van der Waals surface area contributed by atoms with Gasteiger partial charge >= 0.3 is 5.97 Å². The summed E-state index contributed by atoms with van der Waals surface area (Å²) in [6.45, 7) is 7.49. The molecule has 8 heteroatoms. The molecular weight excluding hydrogens is 544 g/mol. The van der Waals surface area contributed by atoms with Gasteiger partial charge < -0.3 is 24.6 Å². The topological polar surface area (TPSA) is 97.3 Å². The Labute approximate surface area is 254 Å². The van der Waals surface area contributed by atoms with Gasteiger partial charge in [-0.05, 0) is 69.0 Å². The summed E-state index contributed by atoms with van der Waals surface area (Å²) < 4.78 is 18.8. The number of hydrogen-bond acceptors (Lipinski definition) is 7. The second-order valence-corrected chi connectivity index (χ2v) is 12.3. The summed E-state index contributed by atoms with van der Waals surface area (Å²) in [5.41, 5.74) is 3.79. The normalized spacial score (nSPS) is 22.7. The second kappa shape index (κ2) is 13.8. The van der Waals surface area contributed by atoms with Gasteiger partial charge in [0.25, 0.3) is 5.91 Å². The van der Waals surface area contributed by atoms with Crippen LogP contribution >= 0.6 is 0 Å². The van der Waals surface area contributed by atoms with Crippen LogP contribution in [0.3, 0.4) is 0 Å². The molecule has 2 aliphatic heterocycles. The number of rotatable bonds is 9. The van der Waals surface area contributed by atoms with Gasteiger partial charge in [0.15, 0.2) is 6.29 Å². The lowest BCUT2D eigenvalue weighted by Crippen LogP contribution is -2.45. The van der Waals surface area contributed by atoms with E-state index in [9.17, 15) is 14.7 Å². The second-order valence-electron chi connectivity index (χ2n) is 12.3. The molecule has 0 bridgehead atoms. The standard InChI is InChI=1S/C35H42N2O6/c1-35(2,3)43-33(40)30-10-7-19-37(30)22-29-20-31(26-15-13-25(23-38)14-16-26)42-34(41-29)28-17-11-24(12-18-28)21-36-32(39)27-8-5-4-6-9-27/h4-6,8-9,11-18,29-31,34,38H,7,10,19-23H2,1-3H3,(H,36,39). The fourth-order valence-corrected chi connectivity index (χ4v) is 5.64. The molecule has 0 aromatic heterocycles. The lowest BCUT2D eigenvalue weighted by atomic mass is 9.99. The molecule has 2 N–H and O–H groups in total. The minimum atomic E-state index is -0.600. The van der Waals surface area contributed by atoms with Crippen LogP contribution in [-0.2, 0) is 32.2 Å². The Morgan fingerprint density at radius 1 is 0.930 bits per heavy atom. The van der Waals surface area contributed by atoms with Crippen LogP contribution in [0.1, 0.15) is 85.0 Å². The summed E-state index contributed by atoms with van der Waals surface area (Å²) in [7, 11) is 0. The fourth-order valence-electron chi connectivity index (χ4n) is 5.64. The van der Waals surface area contributed by atoms with Crippen LogP contribution in [0.25, 0.3) is 0 Å². The first-order valence-electron chi connectivity index (χ1n) is 15.1. The van der Waals surface area contributed by atoms with Gasteiger partial charge in [-0.15, -0.1) is 0 Å². The number of carbonyl (C=O) groups excluding carboxylic acids is 2. The fraction of sp³-hybridized carbons (Fsp3) is 0.429. The summed E-state index contributed by atoms with van der Waals surface area (Å²) in [5.74, 6) is -0.298. The zero-order valence-electron chi connectivity index (χ0n) is 25.2. The van der Waals surface area contributed by atoms with E-state index < -0.39 is 11.9 Å². The molecule has 3 aromatic carbocycles. The third-order valence-corrected chi connectivity index (χ3v) is 7.84.